The number of aryl methyl sites for hydroxylation is 1. The zero-order chi connectivity index (χ0) is 13.0. The SMILES string of the molecule is CSc1ccc(Oc2ccc(C=O)c(C)c2)cc1. The van der Waals surface area contributed by atoms with Gasteiger partial charge in [0.2, 0.25) is 0 Å². The third-order valence-corrected chi connectivity index (χ3v) is 3.41. The van der Waals surface area contributed by atoms with Crippen LogP contribution in [-0.2, 0) is 0 Å². The van der Waals surface area contributed by atoms with Crippen molar-refractivity contribution in [2.75, 3.05) is 6.26 Å². The molecule has 0 heterocycles. The average molecular weight is 258 g/mol. The van der Waals surface area contributed by atoms with Crippen LogP contribution in [0.4, 0.5) is 0 Å². The molecule has 18 heavy (non-hydrogen) atoms. The summed E-state index contributed by atoms with van der Waals surface area (Å²) in [6, 6.07) is 13.4. The van der Waals surface area contributed by atoms with Crippen molar-refractivity contribution in [1.82, 2.24) is 0 Å². The van der Waals surface area contributed by atoms with Crippen molar-refractivity contribution in [2.24, 2.45) is 0 Å². The van der Waals surface area contributed by atoms with E-state index < -0.39 is 0 Å². The molecule has 0 aliphatic heterocycles. The van der Waals surface area contributed by atoms with E-state index in [1.807, 2.05) is 43.5 Å². The van der Waals surface area contributed by atoms with Gasteiger partial charge in [0.25, 0.3) is 0 Å². The van der Waals surface area contributed by atoms with E-state index in [2.05, 4.69) is 0 Å². The summed E-state index contributed by atoms with van der Waals surface area (Å²) in [5.74, 6) is 1.54. The Morgan fingerprint density at radius 1 is 1.06 bits per heavy atom. The maximum Gasteiger partial charge on any atom is 0.150 e. The number of carbonyl (C=O) groups is 1. The van der Waals surface area contributed by atoms with E-state index >= 15 is 0 Å². The first kappa shape index (κ1) is 12.7. The standard InChI is InChI=1S/C15H14O2S/c1-11-9-14(4-3-12(11)10-16)17-13-5-7-15(18-2)8-6-13/h3-10H,1-2H3. The molecule has 0 fully saturated rings. The van der Waals surface area contributed by atoms with Gasteiger partial charge in [0.15, 0.2) is 0 Å². The highest BCUT2D eigenvalue weighted by Gasteiger charge is 2.01. The molecule has 92 valence electrons. The Hall–Kier alpha value is -1.74. The molecule has 0 N–H and O–H groups in total. The summed E-state index contributed by atoms with van der Waals surface area (Å²) in [6.07, 6.45) is 2.89. The number of aldehydes is 1. The summed E-state index contributed by atoms with van der Waals surface area (Å²) in [4.78, 5) is 11.9. The van der Waals surface area contributed by atoms with Crippen LogP contribution < -0.4 is 4.74 Å². The van der Waals surface area contributed by atoms with Gasteiger partial charge in [-0.05, 0) is 61.2 Å². The molecule has 0 aliphatic carbocycles. The van der Waals surface area contributed by atoms with E-state index in [4.69, 9.17) is 4.74 Å². The van der Waals surface area contributed by atoms with Crippen molar-refractivity contribution in [3.05, 3.63) is 53.6 Å². The molecule has 0 aromatic heterocycles. The van der Waals surface area contributed by atoms with E-state index in [0.717, 1.165) is 23.3 Å². The minimum Gasteiger partial charge on any atom is -0.457 e. The Labute approximate surface area is 111 Å². The van der Waals surface area contributed by atoms with Crippen LogP contribution in [0, 0.1) is 6.92 Å². The monoisotopic (exact) mass is 258 g/mol. The molecule has 0 saturated heterocycles. The van der Waals surface area contributed by atoms with Gasteiger partial charge in [-0.25, -0.2) is 0 Å². The Bertz CT molecular complexity index is 547. The van der Waals surface area contributed by atoms with Crippen molar-refractivity contribution >= 4 is 18.0 Å². The normalized spacial score (nSPS) is 10.1. The number of hydrogen-bond donors (Lipinski definition) is 0. The van der Waals surface area contributed by atoms with Gasteiger partial charge in [0, 0.05) is 10.5 Å². The largest absolute Gasteiger partial charge is 0.457 e. The van der Waals surface area contributed by atoms with E-state index in [0.29, 0.717) is 5.56 Å². The Kier molecular flexibility index (Phi) is 4.05. The van der Waals surface area contributed by atoms with E-state index in [-0.39, 0.29) is 0 Å². The van der Waals surface area contributed by atoms with Gasteiger partial charge in [0.05, 0.1) is 0 Å². The molecule has 2 rings (SSSR count). The summed E-state index contributed by atoms with van der Waals surface area (Å²) in [5.41, 5.74) is 1.61. The highest BCUT2D eigenvalue weighted by Crippen LogP contribution is 2.25. The van der Waals surface area contributed by atoms with Gasteiger partial charge < -0.3 is 4.74 Å². The second kappa shape index (κ2) is 5.74. The van der Waals surface area contributed by atoms with Crippen LogP contribution in [0.1, 0.15) is 15.9 Å². The molecule has 0 bridgehead atoms. The first-order valence-electron chi connectivity index (χ1n) is 5.60. The minimum atomic E-state index is 0.695. The predicted molar refractivity (Wildman–Crippen MR) is 74.9 cm³/mol. The molecule has 0 unspecified atom stereocenters. The summed E-state index contributed by atoms with van der Waals surface area (Å²) < 4.78 is 5.73. The molecule has 0 amide bonds. The predicted octanol–water partition coefficient (Wildman–Crippen LogP) is 4.32. The fourth-order valence-electron chi connectivity index (χ4n) is 1.62. The average Bonchev–Trinajstić information content (AvgIpc) is 2.40. The van der Waals surface area contributed by atoms with Crippen LogP contribution in [0.15, 0.2) is 47.4 Å². The third-order valence-electron chi connectivity index (χ3n) is 2.66. The maximum absolute atomic E-state index is 10.7. The second-order valence-electron chi connectivity index (χ2n) is 3.91. The number of hydrogen-bond acceptors (Lipinski definition) is 3. The Morgan fingerprint density at radius 3 is 2.28 bits per heavy atom. The molecular formula is C15H14O2S. The van der Waals surface area contributed by atoms with Gasteiger partial charge >= 0.3 is 0 Å². The molecular weight excluding hydrogens is 244 g/mol. The lowest BCUT2D eigenvalue weighted by molar-refractivity contribution is 0.112. The summed E-state index contributed by atoms with van der Waals surface area (Å²) >= 11 is 1.70. The molecule has 0 aliphatic rings. The molecule has 2 aromatic carbocycles. The van der Waals surface area contributed by atoms with Crippen LogP contribution in [0.3, 0.4) is 0 Å². The second-order valence-corrected chi connectivity index (χ2v) is 4.79. The number of thioether (sulfide) groups is 1. The summed E-state index contributed by atoms with van der Waals surface area (Å²) in [7, 11) is 0. The first-order chi connectivity index (χ1) is 8.72. The number of carbonyl (C=O) groups excluding carboxylic acids is 1. The Balaban J connectivity index is 2.17. The first-order valence-corrected chi connectivity index (χ1v) is 6.83. The van der Waals surface area contributed by atoms with Crippen molar-refractivity contribution in [1.29, 1.82) is 0 Å². The molecule has 0 atom stereocenters. The maximum atomic E-state index is 10.7. The minimum absolute atomic E-state index is 0.695. The van der Waals surface area contributed by atoms with Crippen molar-refractivity contribution < 1.29 is 9.53 Å². The number of rotatable bonds is 4. The van der Waals surface area contributed by atoms with Gasteiger partial charge in [0.1, 0.15) is 17.8 Å². The lowest BCUT2D eigenvalue weighted by atomic mass is 10.1. The fourth-order valence-corrected chi connectivity index (χ4v) is 2.03. The van der Waals surface area contributed by atoms with Gasteiger partial charge in [-0.1, -0.05) is 0 Å². The zero-order valence-corrected chi connectivity index (χ0v) is 11.2. The third kappa shape index (κ3) is 2.93. The quantitative estimate of drug-likeness (QED) is 0.603. The smallest absolute Gasteiger partial charge is 0.150 e. The molecule has 2 aromatic rings. The molecule has 0 spiro atoms. The number of benzene rings is 2. The van der Waals surface area contributed by atoms with Crippen LogP contribution >= 0.6 is 11.8 Å². The van der Waals surface area contributed by atoms with Crippen LogP contribution in [0.25, 0.3) is 0 Å². The van der Waals surface area contributed by atoms with E-state index in [9.17, 15) is 4.79 Å². The summed E-state index contributed by atoms with van der Waals surface area (Å²) in [6.45, 7) is 1.90. The van der Waals surface area contributed by atoms with Crippen molar-refractivity contribution in [3.63, 3.8) is 0 Å². The Morgan fingerprint density at radius 2 is 1.72 bits per heavy atom. The fraction of sp³-hybridized carbons (Fsp3) is 0.133. The topological polar surface area (TPSA) is 26.3 Å². The van der Waals surface area contributed by atoms with Crippen LogP contribution in [0.2, 0.25) is 0 Å². The molecule has 2 nitrogen and oxygen atoms in total. The zero-order valence-electron chi connectivity index (χ0n) is 10.3. The lowest BCUT2D eigenvalue weighted by Crippen LogP contribution is -1.89. The molecule has 0 radical (unpaired) electrons. The highest BCUT2D eigenvalue weighted by atomic mass is 32.2. The van der Waals surface area contributed by atoms with E-state index in [1.165, 1.54) is 4.90 Å². The molecule has 0 saturated carbocycles. The molecule has 3 heteroatoms. The highest BCUT2D eigenvalue weighted by molar-refractivity contribution is 7.98. The number of ether oxygens (including phenoxy) is 1. The lowest BCUT2D eigenvalue weighted by Gasteiger charge is -2.08. The van der Waals surface area contributed by atoms with E-state index in [1.54, 1.807) is 23.9 Å². The van der Waals surface area contributed by atoms with Crippen LogP contribution in [-0.4, -0.2) is 12.5 Å². The van der Waals surface area contributed by atoms with Gasteiger partial charge in [-0.15, -0.1) is 11.8 Å². The van der Waals surface area contributed by atoms with Crippen molar-refractivity contribution in [3.8, 4) is 11.5 Å². The van der Waals surface area contributed by atoms with Gasteiger partial charge in [-0.2, -0.15) is 0 Å². The van der Waals surface area contributed by atoms with Crippen LogP contribution in [0.5, 0.6) is 11.5 Å². The summed E-state index contributed by atoms with van der Waals surface area (Å²) in [5, 5.41) is 0. The van der Waals surface area contributed by atoms with Crippen molar-refractivity contribution in [2.45, 2.75) is 11.8 Å². The van der Waals surface area contributed by atoms with Gasteiger partial charge in [-0.3, -0.25) is 4.79 Å².